The summed E-state index contributed by atoms with van der Waals surface area (Å²) in [5.74, 6) is -1.18. The second-order valence-corrected chi connectivity index (χ2v) is 4.57. The lowest BCUT2D eigenvalue weighted by molar-refractivity contribution is -0.142. The van der Waals surface area contributed by atoms with Gasteiger partial charge in [0.1, 0.15) is 5.75 Å². The monoisotopic (exact) mass is 263 g/mol. The number of hydrogen-bond acceptors (Lipinski definition) is 3. The van der Waals surface area contributed by atoms with Gasteiger partial charge in [0.25, 0.3) is 0 Å². The molecule has 1 saturated heterocycles. The van der Waals surface area contributed by atoms with Gasteiger partial charge in [-0.25, -0.2) is 0 Å². The molecule has 2 atom stereocenters. The molecule has 0 spiro atoms. The molecule has 1 N–H and O–H groups in total. The number of carbonyl (C=O) groups is 2. The molecule has 2 rings (SSSR count). The van der Waals surface area contributed by atoms with E-state index < -0.39 is 17.9 Å². The Balaban J connectivity index is 2.43. The SMILES string of the molecule is CCOc1ccccc1C1C(C(=O)O)CC(=O)N1C. The highest BCUT2D eigenvalue weighted by Gasteiger charge is 2.43. The zero-order chi connectivity index (χ0) is 14.0. The van der Waals surface area contributed by atoms with Gasteiger partial charge in [0.2, 0.25) is 5.91 Å². The van der Waals surface area contributed by atoms with Crippen LogP contribution in [0.3, 0.4) is 0 Å². The molecule has 0 radical (unpaired) electrons. The highest BCUT2D eigenvalue weighted by atomic mass is 16.5. The number of ether oxygens (including phenoxy) is 1. The Bertz CT molecular complexity index is 500. The fourth-order valence-corrected chi connectivity index (χ4v) is 2.53. The van der Waals surface area contributed by atoms with Gasteiger partial charge in [-0.15, -0.1) is 0 Å². The number of hydrogen-bond donors (Lipinski definition) is 1. The van der Waals surface area contributed by atoms with Gasteiger partial charge in [-0.3, -0.25) is 9.59 Å². The standard InChI is InChI=1S/C14H17NO4/c1-3-19-11-7-5-4-6-9(11)13-10(14(17)18)8-12(16)15(13)2/h4-7,10,13H,3,8H2,1-2H3,(H,17,18). The molecule has 0 aliphatic carbocycles. The minimum absolute atomic E-state index is 0.0387. The second kappa shape index (κ2) is 5.30. The zero-order valence-corrected chi connectivity index (χ0v) is 11.0. The van der Waals surface area contributed by atoms with E-state index in [0.29, 0.717) is 12.4 Å². The number of carboxylic acids is 1. The predicted octanol–water partition coefficient (Wildman–Crippen LogP) is 1.69. The minimum atomic E-state index is -0.950. The molecule has 0 bridgehead atoms. The summed E-state index contributed by atoms with van der Waals surface area (Å²) in [5.41, 5.74) is 0.755. The molecule has 19 heavy (non-hydrogen) atoms. The Labute approximate surface area is 111 Å². The zero-order valence-electron chi connectivity index (χ0n) is 11.0. The highest BCUT2D eigenvalue weighted by molar-refractivity contribution is 5.87. The lowest BCUT2D eigenvalue weighted by atomic mass is 9.93. The number of aliphatic carboxylic acids is 1. The van der Waals surface area contributed by atoms with Crippen molar-refractivity contribution in [3.05, 3.63) is 29.8 Å². The molecule has 5 heteroatoms. The first-order chi connectivity index (χ1) is 9.06. The van der Waals surface area contributed by atoms with E-state index in [1.54, 1.807) is 13.1 Å². The Kier molecular flexibility index (Phi) is 3.74. The van der Waals surface area contributed by atoms with E-state index in [1.165, 1.54) is 4.90 Å². The summed E-state index contributed by atoms with van der Waals surface area (Å²) in [5, 5.41) is 9.28. The van der Waals surface area contributed by atoms with Crippen molar-refractivity contribution in [1.82, 2.24) is 4.90 Å². The number of likely N-dealkylation sites (tertiary alicyclic amines) is 1. The molecule has 1 aromatic rings. The number of nitrogens with zero attached hydrogens (tertiary/aromatic N) is 1. The fourth-order valence-electron chi connectivity index (χ4n) is 2.53. The third-order valence-corrected chi connectivity index (χ3v) is 3.44. The smallest absolute Gasteiger partial charge is 0.309 e. The van der Waals surface area contributed by atoms with Gasteiger partial charge in [-0.2, -0.15) is 0 Å². The first kappa shape index (κ1) is 13.4. The number of benzene rings is 1. The summed E-state index contributed by atoms with van der Waals surface area (Å²) in [6.07, 6.45) is 0.0387. The van der Waals surface area contributed by atoms with E-state index in [1.807, 2.05) is 25.1 Å². The van der Waals surface area contributed by atoms with Crippen molar-refractivity contribution in [2.75, 3.05) is 13.7 Å². The van der Waals surface area contributed by atoms with E-state index in [0.717, 1.165) is 5.56 Å². The van der Waals surface area contributed by atoms with E-state index in [4.69, 9.17) is 4.74 Å². The first-order valence-corrected chi connectivity index (χ1v) is 6.26. The molecule has 102 valence electrons. The first-order valence-electron chi connectivity index (χ1n) is 6.26. The van der Waals surface area contributed by atoms with Crippen molar-refractivity contribution in [3.8, 4) is 5.75 Å². The Morgan fingerprint density at radius 3 is 2.79 bits per heavy atom. The number of rotatable bonds is 4. The van der Waals surface area contributed by atoms with E-state index in [-0.39, 0.29) is 12.3 Å². The molecule has 1 aliphatic rings. The lowest BCUT2D eigenvalue weighted by Crippen LogP contribution is -2.27. The van der Waals surface area contributed by atoms with Crippen LogP contribution >= 0.6 is 0 Å². The molecule has 1 fully saturated rings. The van der Waals surface area contributed by atoms with Gasteiger partial charge in [0, 0.05) is 19.0 Å². The third-order valence-electron chi connectivity index (χ3n) is 3.44. The van der Waals surface area contributed by atoms with Gasteiger partial charge < -0.3 is 14.7 Å². The number of carbonyl (C=O) groups excluding carboxylic acids is 1. The van der Waals surface area contributed by atoms with E-state index in [2.05, 4.69) is 0 Å². The van der Waals surface area contributed by atoms with Gasteiger partial charge in [-0.05, 0) is 13.0 Å². The summed E-state index contributed by atoms with van der Waals surface area (Å²) in [7, 11) is 1.64. The van der Waals surface area contributed by atoms with Gasteiger partial charge in [-0.1, -0.05) is 18.2 Å². The molecule has 1 heterocycles. The largest absolute Gasteiger partial charge is 0.494 e. The molecule has 0 saturated carbocycles. The average molecular weight is 263 g/mol. The van der Waals surface area contributed by atoms with Crippen molar-refractivity contribution in [3.63, 3.8) is 0 Å². The summed E-state index contributed by atoms with van der Waals surface area (Å²) in [6.45, 7) is 2.37. The number of para-hydroxylation sites is 1. The number of carboxylic acid groups (broad SMARTS) is 1. The van der Waals surface area contributed by atoms with Crippen LogP contribution in [0.15, 0.2) is 24.3 Å². The molecule has 1 aliphatic heterocycles. The van der Waals surface area contributed by atoms with Gasteiger partial charge >= 0.3 is 5.97 Å². The average Bonchev–Trinajstić information content (AvgIpc) is 2.68. The van der Waals surface area contributed by atoms with Crippen LogP contribution in [-0.4, -0.2) is 35.5 Å². The maximum Gasteiger partial charge on any atom is 0.309 e. The number of amides is 1. The molecule has 5 nitrogen and oxygen atoms in total. The third kappa shape index (κ3) is 2.41. The lowest BCUT2D eigenvalue weighted by Gasteiger charge is -2.25. The summed E-state index contributed by atoms with van der Waals surface area (Å²) in [4.78, 5) is 24.6. The maximum atomic E-state index is 11.8. The van der Waals surface area contributed by atoms with Crippen LogP contribution in [-0.2, 0) is 9.59 Å². The maximum absolute atomic E-state index is 11.8. The fraction of sp³-hybridized carbons (Fsp3) is 0.429. The molecule has 1 amide bonds. The van der Waals surface area contributed by atoms with Crippen LogP contribution in [0, 0.1) is 5.92 Å². The van der Waals surface area contributed by atoms with Crippen molar-refractivity contribution in [2.45, 2.75) is 19.4 Å². The Hall–Kier alpha value is -2.04. The quantitative estimate of drug-likeness (QED) is 0.897. The second-order valence-electron chi connectivity index (χ2n) is 4.57. The normalized spacial score (nSPS) is 22.6. The van der Waals surface area contributed by atoms with Crippen LogP contribution < -0.4 is 4.74 Å². The van der Waals surface area contributed by atoms with Crippen LogP contribution in [0.2, 0.25) is 0 Å². The summed E-state index contributed by atoms with van der Waals surface area (Å²) >= 11 is 0. The summed E-state index contributed by atoms with van der Waals surface area (Å²) in [6, 6.07) is 6.82. The predicted molar refractivity (Wildman–Crippen MR) is 68.9 cm³/mol. The summed E-state index contributed by atoms with van der Waals surface area (Å²) < 4.78 is 5.53. The molecule has 0 aromatic heterocycles. The van der Waals surface area contributed by atoms with Crippen molar-refractivity contribution < 1.29 is 19.4 Å². The van der Waals surface area contributed by atoms with Crippen LogP contribution in [0.25, 0.3) is 0 Å². The van der Waals surface area contributed by atoms with Crippen LogP contribution in [0.5, 0.6) is 5.75 Å². The van der Waals surface area contributed by atoms with E-state index >= 15 is 0 Å². The van der Waals surface area contributed by atoms with Crippen LogP contribution in [0.4, 0.5) is 0 Å². The van der Waals surface area contributed by atoms with Gasteiger partial charge in [0.05, 0.1) is 18.6 Å². The molecular formula is C14H17NO4. The minimum Gasteiger partial charge on any atom is -0.494 e. The van der Waals surface area contributed by atoms with Crippen molar-refractivity contribution in [2.24, 2.45) is 5.92 Å². The molecule has 2 unspecified atom stereocenters. The highest BCUT2D eigenvalue weighted by Crippen LogP contribution is 2.40. The molecule has 1 aromatic carbocycles. The Morgan fingerprint density at radius 1 is 1.47 bits per heavy atom. The topological polar surface area (TPSA) is 66.8 Å². The van der Waals surface area contributed by atoms with Crippen molar-refractivity contribution in [1.29, 1.82) is 0 Å². The molecular weight excluding hydrogens is 246 g/mol. The van der Waals surface area contributed by atoms with E-state index in [9.17, 15) is 14.7 Å². The van der Waals surface area contributed by atoms with Gasteiger partial charge in [0.15, 0.2) is 0 Å². The van der Waals surface area contributed by atoms with Crippen LogP contribution in [0.1, 0.15) is 24.9 Å². The Morgan fingerprint density at radius 2 is 2.16 bits per heavy atom. The van der Waals surface area contributed by atoms with Crippen molar-refractivity contribution >= 4 is 11.9 Å².